The molecule has 34 heavy (non-hydrogen) atoms. The van der Waals surface area contributed by atoms with Gasteiger partial charge in [-0.15, -0.1) is 0 Å². The Hall–Kier alpha value is -3.47. The van der Waals surface area contributed by atoms with E-state index in [9.17, 15) is 13.2 Å². The van der Waals surface area contributed by atoms with Gasteiger partial charge in [0.2, 0.25) is 0 Å². The lowest BCUT2D eigenvalue weighted by Gasteiger charge is -2.08. The van der Waals surface area contributed by atoms with Gasteiger partial charge in [0.15, 0.2) is 4.80 Å². The monoisotopic (exact) mass is 497 g/mol. The topological polar surface area (TPSA) is 99.0 Å². The number of hydrogen-bond donors (Lipinski definition) is 1. The van der Waals surface area contributed by atoms with Crippen molar-refractivity contribution in [1.29, 1.82) is 0 Å². The number of nitrogens with one attached hydrogen (secondary N) is 1. The third kappa shape index (κ3) is 5.19. The number of fused-ring (bicyclic) bond motifs is 1. The van der Waals surface area contributed by atoms with Crippen molar-refractivity contribution >= 4 is 43.2 Å². The number of thiazole rings is 1. The van der Waals surface area contributed by atoms with E-state index in [-0.39, 0.29) is 4.90 Å². The fourth-order valence-corrected chi connectivity index (χ4v) is 5.47. The number of carbonyl (C=O) groups is 1. The molecule has 8 nitrogen and oxygen atoms in total. The molecule has 0 saturated heterocycles. The summed E-state index contributed by atoms with van der Waals surface area (Å²) < 4.78 is 40.9. The minimum absolute atomic E-state index is 0.159. The van der Waals surface area contributed by atoms with Crippen LogP contribution in [0.3, 0.4) is 0 Å². The zero-order valence-corrected chi connectivity index (χ0v) is 20.2. The van der Waals surface area contributed by atoms with Crippen molar-refractivity contribution < 1.29 is 22.7 Å². The highest BCUT2D eigenvalue weighted by Crippen LogP contribution is 2.23. The average Bonchev–Trinajstić information content (AvgIpc) is 3.19. The van der Waals surface area contributed by atoms with Crippen LogP contribution < -0.4 is 14.3 Å². The van der Waals surface area contributed by atoms with Crippen molar-refractivity contribution in [3.05, 3.63) is 83.2 Å². The molecule has 0 aliphatic carbocycles. The van der Waals surface area contributed by atoms with E-state index in [1.165, 1.54) is 35.6 Å². The third-order valence-corrected chi connectivity index (χ3v) is 7.48. The van der Waals surface area contributed by atoms with Crippen molar-refractivity contribution in [2.45, 2.75) is 11.4 Å². The molecule has 10 heteroatoms. The second kappa shape index (κ2) is 10.2. The number of carbonyl (C=O) groups excluding carboxylic acids is 1. The molecule has 0 aliphatic heterocycles. The van der Waals surface area contributed by atoms with Crippen molar-refractivity contribution in [2.75, 3.05) is 25.5 Å². The van der Waals surface area contributed by atoms with Crippen LogP contribution in [0.1, 0.15) is 10.4 Å². The minimum atomic E-state index is -3.71. The van der Waals surface area contributed by atoms with Crippen molar-refractivity contribution in [3.63, 3.8) is 0 Å². The summed E-state index contributed by atoms with van der Waals surface area (Å²) in [5.74, 6) is 0.293. The zero-order chi connectivity index (χ0) is 24.1. The molecule has 0 fully saturated rings. The highest BCUT2D eigenvalue weighted by molar-refractivity contribution is 7.92. The van der Waals surface area contributed by atoms with Crippen molar-refractivity contribution in [3.8, 4) is 5.75 Å². The normalized spacial score (nSPS) is 12.1. The van der Waals surface area contributed by atoms with E-state index in [2.05, 4.69) is 9.71 Å². The maximum atomic E-state index is 12.9. The molecule has 0 aliphatic rings. The van der Waals surface area contributed by atoms with Crippen LogP contribution in [0.4, 0.5) is 5.69 Å². The molecule has 1 aromatic heterocycles. The number of ether oxygens (including phenoxy) is 2. The molecule has 0 unspecified atom stereocenters. The van der Waals surface area contributed by atoms with Crippen LogP contribution in [0.25, 0.3) is 10.2 Å². The van der Waals surface area contributed by atoms with Gasteiger partial charge in [0, 0.05) is 24.9 Å². The van der Waals surface area contributed by atoms with Gasteiger partial charge in [0.05, 0.1) is 28.8 Å². The van der Waals surface area contributed by atoms with Gasteiger partial charge in [0.25, 0.3) is 15.9 Å². The number of sulfonamides is 1. The summed E-state index contributed by atoms with van der Waals surface area (Å²) in [5, 5.41) is 0. The van der Waals surface area contributed by atoms with E-state index < -0.39 is 15.9 Å². The predicted octanol–water partition coefficient (Wildman–Crippen LogP) is 3.90. The number of methoxy groups -OCH3 is 2. The van der Waals surface area contributed by atoms with Crippen LogP contribution >= 0.6 is 11.3 Å². The second-order valence-corrected chi connectivity index (χ2v) is 9.97. The first-order valence-electron chi connectivity index (χ1n) is 10.3. The molecule has 1 N–H and O–H groups in total. The third-order valence-electron chi connectivity index (χ3n) is 5.04. The lowest BCUT2D eigenvalue weighted by Crippen LogP contribution is -2.19. The van der Waals surface area contributed by atoms with Gasteiger partial charge in [-0.2, -0.15) is 4.99 Å². The van der Waals surface area contributed by atoms with E-state index >= 15 is 0 Å². The summed E-state index contributed by atoms with van der Waals surface area (Å²) in [6.45, 7) is 1.00. The Kier molecular flexibility index (Phi) is 7.11. The smallest absolute Gasteiger partial charge is 0.279 e. The molecule has 0 radical (unpaired) electrons. The molecular formula is C24H23N3O5S2. The van der Waals surface area contributed by atoms with E-state index in [0.717, 1.165) is 16.0 Å². The Morgan fingerprint density at radius 3 is 2.44 bits per heavy atom. The van der Waals surface area contributed by atoms with Crippen molar-refractivity contribution in [2.24, 2.45) is 4.99 Å². The fourth-order valence-electron chi connectivity index (χ4n) is 3.31. The van der Waals surface area contributed by atoms with Gasteiger partial charge >= 0.3 is 0 Å². The molecule has 0 atom stereocenters. The molecule has 4 aromatic rings. The van der Waals surface area contributed by atoms with Crippen LogP contribution in [0, 0.1) is 0 Å². The summed E-state index contributed by atoms with van der Waals surface area (Å²) in [7, 11) is -0.490. The Balaban J connectivity index is 1.61. The minimum Gasteiger partial charge on any atom is -0.497 e. The van der Waals surface area contributed by atoms with Crippen molar-refractivity contribution in [1.82, 2.24) is 4.57 Å². The molecule has 176 valence electrons. The van der Waals surface area contributed by atoms with E-state index in [0.29, 0.717) is 29.2 Å². The lowest BCUT2D eigenvalue weighted by atomic mass is 10.2. The SMILES string of the molecule is COCCn1c(=NC(=O)c2ccc(NS(=O)(=O)c3ccccc3)cc2)sc2cc(OC)ccc21. The predicted molar refractivity (Wildman–Crippen MR) is 132 cm³/mol. The second-order valence-electron chi connectivity index (χ2n) is 7.28. The number of nitrogens with zero attached hydrogens (tertiary/aromatic N) is 2. The Bertz CT molecular complexity index is 1470. The average molecular weight is 498 g/mol. The van der Waals surface area contributed by atoms with Crippen LogP contribution in [0.5, 0.6) is 5.75 Å². The Morgan fingerprint density at radius 2 is 1.76 bits per heavy atom. The molecule has 4 rings (SSSR count). The summed E-state index contributed by atoms with van der Waals surface area (Å²) in [6.07, 6.45) is 0. The number of anilines is 1. The highest BCUT2D eigenvalue weighted by Gasteiger charge is 2.14. The Morgan fingerprint density at radius 1 is 1.03 bits per heavy atom. The van der Waals surface area contributed by atoms with Gasteiger partial charge in [-0.3, -0.25) is 9.52 Å². The molecule has 0 spiro atoms. The fraction of sp³-hybridized carbons (Fsp3) is 0.167. The number of rotatable bonds is 8. The van der Waals surface area contributed by atoms with E-state index in [4.69, 9.17) is 9.47 Å². The first-order chi connectivity index (χ1) is 16.4. The van der Waals surface area contributed by atoms with Crippen LogP contribution in [0.2, 0.25) is 0 Å². The van der Waals surface area contributed by atoms with Gasteiger partial charge in [0.1, 0.15) is 5.75 Å². The van der Waals surface area contributed by atoms with E-state index in [1.807, 2.05) is 22.8 Å². The molecule has 0 bridgehead atoms. The zero-order valence-electron chi connectivity index (χ0n) is 18.6. The quantitative estimate of drug-likeness (QED) is 0.398. The Labute approximate surface area is 201 Å². The number of hydrogen-bond acceptors (Lipinski definition) is 6. The van der Waals surface area contributed by atoms with Crippen LogP contribution in [-0.2, 0) is 21.3 Å². The summed E-state index contributed by atoms with van der Waals surface area (Å²) in [5.41, 5.74) is 1.63. The molecular weight excluding hydrogens is 474 g/mol. The molecule has 1 amide bonds. The number of aromatic nitrogens is 1. The largest absolute Gasteiger partial charge is 0.497 e. The highest BCUT2D eigenvalue weighted by atomic mass is 32.2. The molecule has 0 saturated carbocycles. The van der Waals surface area contributed by atoms with Gasteiger partial charge in [-0.1, -0.05) is 29.5 Å². The first-order valence-corrected chi connectivity index (χ1v) is 12.6. The maximum absolute atomic E-state index is 12.9. The van der Waals surface area contributed by atoms with Gasteiger partial charge in [-0.05, 0) is 54.6 Å². The molecule has 1 heterocycles. The summed E-state index contributed by atoms with van der Waals surface area (Å²) in [4.78, 5) is 17.9. The van der Waals surface area contributed by atoms with E-state index in [1.54, 1.807) is 44.6 Å². The number of amides is 1. The van der Waals surface area contributed by atoms with Crippen LogP contribution in [-0.4, -0.2) is 39.7 Å². The maximum Gasteiger partial charge on any atom is 0.279 e. The summed E-state index contributed by atoms with van der Waals surface area (Å²) in [6, 6.07) is 19.9. The van der Waals surface area contributed by atoms with Crippen LogP contribution in [0.15, 0.2) is 82.7 Å². The first kappa shape index (κ1) is 23.7. The molecule has 3 aromatic carbocycles. The number of benzene rings is 3. The van der Waals surface area contributed by atoms with Gasteiger partial charge in [-0.25, -0.2) is 8.42 Å². The standard InChI is InChI=1S/C24H23N3O5S2/c1-31-15-14-27-21-13-12-19(32-2)16-22(21)33-24(27)25-23(28)17-8-10-18(11-9-17)26-34(29,30)20-6-4-3-5-7-20/h3-13,16,26H,14-15H2,1-2H3. The van der Waals surface area contributed by atoms with Gasteiger partial charge < -0.3 is 14.0 Å². The summed E-state index contributed by atoms with van der Waals surface area (Å²) >= 11 is 1.38. The lowest BCUT2D eigenvalue weighted by molar-refractivity contribution is 0.0997.